The summed E-state index contributed by atoms with van der Waals surface area (Å²) in [5.74, 6) is 0.133. The normalized spacial score (nSPS) is 16.1. The summed E-state index contributed by atoms with van der Waals surface area (Å²) in [6.45, 7) is 1.55. The molecule has 0 spiro atoms. The van der Waals surface area contributed by atoms with Crippen LogP contribution in [0.3, 0.4) is 0 Å². The molecule has 1 aromatic carbocycles. The van der Waals surface area contributed by atoms with Gasteiger partial charge in [-0.1, -0.05) is 30.3 Å². The Morgan fingerprint density at radius 1 is 1.22 bits per heavy atom. The molecule has 6 heteroatoms. The zero-order valence-corrected chi connectivity index (χ0v) is 14.5. The molecular formula is C17H26N2O3S. The fourth-order valence-electron chi connectivity index (χ4n) is 2.96. The molecule has 0 heterocycles. The van der Waals surface area contributed by atoms with Crippen molar-refractivity contribution < 1.29 is 13.2 Å². The Labute approximate surface area is 138 Å². The molecule has 1 aliphatic rings. The lowest BCUT2D eigenvalue weighted by atomic mass is 10.0. The monoisotopic (exact) mass is 338 g/mol. The van der Waals surface area contributed by atoms with E-state index in [-0.39, 0.29) is 17.1 Å². The Bertz CT molecular complexity index is 624. The summed E-state index contributed by atoms with van der Waals surface area (Å²) in [5, 5.41) is 0. The van der Waals surface area contributed by atoms with E-state index in [2.05, 4.69) is 0 Å². The summed E-state index contributed by atoms with van der Waals surface area (Å²) < 4.78 is 23.1. The molecule has 0 radical (unpaired) electrons. The van der Waals surface area contributed by atoms with E-state index >= 15 is 0 Å². The highest BCUT2D eigenvalue weighted by Crippen LogP contribution is 2.50. The highest BCUT2D eigenvalue weighted by Gasteiger charge is 2.47. The number of nitrogens with two attached hydrogens (primary N) is 1. The molecule has 0 bridgehead atoms. The van der Waals surface area contributed by atoms with Gasteiger partial charge in [0.25, 0.3) is 0 Å². The third kappa shape index (κ3) is 5.95. The number of hydrogen-bond acceptors (Lipinski definition) is 4. The maximum Gasteiger partial charge on any atom is 0.223 e. The lowest BCUT2D eigenvalue weighted by Gasteiger charge is -2.24. The number of sulfone groups is 1. The van der Waals surface area contributed by atoms with Crippen LogP contribution in [0.1, 0.15) is 24.8 Å². The minimum absolute atomic E-state index is 0.0209. The van der Waals surface area contributed by atoms with Crippen LogP contribution >= 0.6 is 0 Å². The molecule has 128 valence electrons. The Morgan fingerprint density at radius 2 is 1.87 bits per heavy atom. The van der Waals surface area contributed by atoms with Gasteiger partial charge in [-0.2, -0.15) is 0 Å². The first-order valence-electron chi connectivity index (χ1n) is 8.03. The third-order valence-electron chi connectivity index (χ3n) is 4.32. The molecule has 1 aromatic rings. The fraction of sp³-hybridized carbons (Fsp3) is 0.588. The highest BCUT2D eigenvalue weighted by atomic mass is 32.2. The molecule has 1 aliphatic carbocycles. The van der Waals surface area contributed by atoms with Gasteiger partial charge in [-0.25, -0.2) is 8.42 Å². The van der Waals surface area contributed by atoms with Crippen molar-refractivity contribution in [2.45, 2.75) is 25.7 Å². The Kier molecular flexibility index (Phi) is 5.81. The summed E-state index contributed by atoms with van der Waals surface area (Å²) in [5.41, 5.74) is 6.48. The minimum Gasteiger partial charge on any atom is -0.341 e. The predicted octanol–water partition coefficient (Wildman–Crippen LogP) is 1.23. The molecule has 0 atom stereocenters. The van der Waals surface area contributed by atoms with Crippen LogP contribution in [0.15, 0.2) is 30.3 Å². The van der Waals surface area contributed by atoms with Crippen LogP contribution in [0.5, 0.6) is 0 Å². The molecule has 0 unspecified atom stereocenters. The number of rotatable bonds is 9. The smallest absolute Gasteiger partial charge is 0.223 e. The quantitative estimate of drug-likeness (QED) is 0.734. The van der Waals surface area contributed by atoms with Crippen molar-refractivity contribution in [1.82, 2.24) is 4.90 Å². The fourth-order valence-corrected chi connectivity index (χ4v) is 4.47. The minimum atomic E-state index is -3.05. The first-order chi connectivity index (χ1) is 10.8. The zero-order valence-electron chi connectivity index (χ0n) is 13.7. The van der Waals surface area contributed by atoms with E-state index in [0.717, 1.165) is 19.3 Å². The average molecular weight is 338 g/mol. The molecule has 1 saturated carbocycles. The molecule has 0 saturated heterocycles. The Balaban J connectivity index is 1.93. The predicted molar refractivity (Wildman–Crippen MR) is 91.8 cm³/mol. The molecule has 1 fully saturated rings. The molecule has 2 rings (SSSR count). The highest BCUT2D eigenvalue weighted by molar-refractivity contribution is 7.90. The Morgan fingerprint density at radius 3 is 2.39 bits per heavy atom. The summed E-state index contributed by atoms with van der Waals surface area (Å²) >= 11 is 0. The molecule has 1 amide bonds. The summed E-state index contributed by atoms with van der Waals surface area (Å²) in [6, 6.07) is 10.0. The summed E-state index contributed by atoms with van der Waals surface area (Å²) in [4.78, 5) is 14.3. The van der Waals surface area contributed by atoms with Gasteiger partial charge < -0.3 is 10.6 Å². The van der Waals surface area contributed by atoms with Crippen molar-refractivity contribution in [3.63, 3.8) is 0 Å². The van der Waals surface area contributed by atoms with Gasteiger partial charge in [0.2, 0.25) is 5.91 Å². The number of amides is 1. The topological polar surface area (TPSA) is 80.5 Å². The van der Waals surface area contributed by atoms with Gasteiger partial charge in [-0.15, -0.1) is 0 Å². The second-order valence-corrected chi connectivity index (χ2v) is 8.79. The number of carbonyl (C=O) groups excluding carboxylic acids is 1. The van der Waals surface area contributed by atoms with Crippen molar-refractivity contribution in [2.75, 3.05) is 31.6 Å². The number of carbonyl (C=O) groups is 1. The van der Waals surface area contributed by atoms with E-state index in [4.69, 9.17) is 5.73 Å². The van der Waals surface area contributed by atoms with Crippen LogP contribution in [0.25, 0.3) is 0 Å². The summed E-state index contributed by atoms with van der Waals surface area (Å²) in [7, 11) is -3.05. The van der Waals surface area contributed by atoms with Crippen molar-refractivity contribution in [2.24, 2.45) is 11.1 Å². The van der Waals surface area contributed by atoms with E-state index in [1.165, 1.54) is 11.8 Å². The van der Waals surface area contributed by atoms with E-state index in [1.54, 1.807) is 4.90 Å². The molecule has 2 N–H and O–H groups in total. The van der Waals surface area contributed by atoms with Crippen LogP contribution < -0.4 is 5.73 Å². The lowest BCUT2D eigenvalue weighted by molar-refractivity contribution is -0.132. The maximum absolute atomic E-state index is 12.6. The zero-order chi connectivity index (χ0) is 16.9. The molecular weight excluding hydrogens is 312 g/mol. The summed E-state index contributed by atoms with van der Waals surface area (Å²) in [6.07, 6.45) is 3.98. The van der Waals surface area contributed by atoms with Gasteiger partial charge in [0.05, 0.1) is 5.75 Å². The van der Waals surface area contributed by atoms with Gasteiger partial charge in [-0.05, 0) is 30.2 Å². The van der Waals surface area contributed by atoms with Gasteiger partial charge in [0.15, 0.2) is 0 Å². The SMILES string of the molecule is CS(=O)(=O)CC1(CC(=O)N(CCN)CCc2ccccc2)CC1. The molecule has 5 nitrogen and oxygen atoms in total. The maximum atomic E-state index is 12.6. The van der Waals surface area contributed by atoms with Crippen LogP contribution in [0.2, 0.25) is 0 Å². The number of nitrogens with zero attached hydrogens (tertiary/aromatic N) is 1. The first kappa shape index (κ1) is 17.9. The second kappa shape index (κ2) is 7.45. The van der Waals surface area contributed by atoms with Gasteiger partial charge in [-0.3, -0.25) is 4.79 Å². The average Bonchev–Trinajstić information content (AvgIpc) is 3.21. The molecule has 0 aliphatic heterocycles. The third-order valence-corrected chi connectivity index (χ3v) is 5.45. The number of benzene rings is 1. The van der Waals surface area contributed by atoms with Crippen LogP contribution in [-0.2, 0) is 21.1 Å². The van der Waals surface area contributed by atoms with Crippen molar-refractivity contribution in [1.29, 1.82) is 0 Å². The molecule has 0 aromatic heterocycles. The largest absolute Gasteiger partial charge is 0.341 e. The first-order valence-corrected chi connectivity index (χ1v) is 10.1. The van der Waals surface area contributed by atoms with Gasteiger partial charge >= 0.3 is 0 Å². The van der Waals surface area contributed by atoms with Crippen molar-refractivity contribution in [3.05, 3.63) is 35.9 Å². The Hall–Kier alpha value is -1.40. The van der Waals surface area contributed by atoms with E-state index in [9.17, 15) is 13.2 Å². The molecule has 23 heavy (non-hydrogen) atoms. The van der Waals surface area contributed by atoms with E-state index in [0.29, 0.717) is 26.1 Å². The second-order valence-electron chi connectivity index (χ2n) is 6.65. The van der Waals surface area contributed by atoms with Crippen LogP contribution in [-0.4, -0.2) is 50.9 Å². The van der Waals surface area contributed by atoms with E-state index in [1.807, 2.05) is 30.3 Å². The van der Waals surface area contributed by atoms with Gasteiger partial charge in [0.1, 0.15) is 9.84 Å². The number of hydrogen-bond donors (Lipinski definition) is 1. The van der Waals surface area contributed by atoms with Crippen LogP contribution in [0, 0.1) is 5.41 Å². The van der Waals surface area contributed by atoms with Crippen LogP contribution in [0.4, 0.5) is 0 Å². The van der Waals surface area contributed by atoms with Crippen molar-refractivity contribution >= 4 is 15.7 Å². The van der Waals surface area contributed by atoms with Crippen molar-refractivity contribution in [3.8, 4) is 0 Å². The lowest BCUT2D eigenvalue weighted by Crippen LogP contribution is -2.38. The van der Waals surface area contributed by atoms with Gasteiger partial charge in [0, 0.05) is 32.3 Å². The van der Waals surface area contributed by atoms with E-state index < -0.39 is 9.84 Å². The standard InChI is InChI=1S/C17H26N2O3S/c1-23(21,22)14-17(8-9-17)13-16(20)19(12-10-18)11-7-15-5-3-2-4-6-15/h2-6H,7-14,18H2,1H3.